The Morgan fingerprint density at radius 2 is 1.08 bits per heavy atom. The van der Waals surface area contributed by atoms with Gasteiger partial charge < -0.3 is 49.5 Å². The number of fused-ring (bicyclic) bond motifs is 3. The standard InChI is InChI=1S/C45H42N4O10/c46-29-16-17-37(33(21-29)44(53)54)57-45-43(59-41(52)20-15-28-24-49-36-12-6-3-9-32(28)36)42(58-40(51)19-14-27-23-48-35-11-5-2-8-31(27)35)38(25-55-45)56-39(50)18-13-26-22-47-34-10-4-1-7-30(26)34/h1-12,16-17,21-24,38,42-43,45,47-49H,13-15,18-20,25,46H2,(H,53,54)/t38-,42+,43-,45?/m1/s1. The number of anilines is 1. The van der Waals surface area contributed by atoms with Gasteiger partial charge in [0.25, 0.3) is 0 Å². The average molecular weight is 799 g/mol. The van der Waals surface area contributed by atoms with Crippen molar-refractivity contribution < 1.29 is 48.0 Å². The van der Waals surface area contributed by atoms with E-state index in [2.05, 4.69) is 15.0 Å². The smallest absolute Gasteiger partial charge is 0.339 e. The van der Waals surface area contributed by atoms with Crippen LogP contribution >= 0.6 is 0 Å². The highest BCUT2D eigenvalue weighted by molar-refractivity contribution is 5.92. The van der Waals surface area contributed by atoms with Gasteiger partial charge in [-0.25, -0.2) is 4.79 Å². The van der Waals surface area contributed by atoms with Crippen LogP contribution in [-0.2, 0) is 52.6 Å². The van der Waals surface area contributed by atoms with E-state index >= 15 is 0 Å². The topological polar surface area (TPSA) is 208 Å². The number of aromatic carboxylic acids is 1. The van der Waals surface area contributed by atoms with Gasteiger partial charge in [-0.3, -0.25) is 14.4 Å². The van der Waals surface area contributed by atoms with Crippen molar-refractivity contribution in [3.05, 3.63) is 132 Å². The maximum atomic E-state index is 13.8. The number of aromatic nitrogens is 3. The minimum Gasteiger partial charge on any atom is -0.478 e. The summed E-state index contributed by atoms with van der Waals surface area (Å²) in [7, 11) is 0. The Labute approximate surface area is 337 Å². The largest absolute Gasteiger partial charge is 0.478 e. The monoisotopic (exact) mass is 798 g/mol. The SMILES string of the molecule is Nc1ccc(OC2OC[C@@H](OC(=O)CCc3c[nH]c4ccccc34)[C@H](OC(=O)CCc3c[nH]c4ccccc34)[C@H]2OC(=O)CCc2c[nH]c3ccccc23)c(C(=O)O)c1. The number of esters is 3. The van der Waals surface area contributed by atoms with Crippen LogP contribution in [0.1, 0.15) is 46.3 Å². The highest BCUT2D eigenvalue weighted by Gasteiger charge is 2.49. The number of H-pyrrole nitrogens is 3. The number of nitrogens with two attached hydrogens (primary N) is 1. The van der Waals surface area contributed by atoms with Gasteiger partial charge in [-0.2, -0.15) is 0 Å². The summed E-state index contributed by atoms with van der Waals surface area (Å²) in [4.78, 5) is 62.9. The molecule has 59 heavy (non-hydrogen) atoms. The van der Waals surface area contributed by atoms with Crippen LogP contribution in [0.4, 0.5) is 5.69 Å². The number of aryl methyl sites for hydroxylation is 3. The van der Waals surface area contributed by atoms with E-state index in [0.29, 0.717) is 19.3 Å². The highest BCUT2D eigenvalue weighted by atomic mass is 16.7. The summed E-state index contributed by atoms with van der Waals surface area (Å²) in [5.41, 5.74) is 11.3. The molecular weight excluding hydrogens is 757 g/mol. The number of carbonyl (C=O) groups is 4. The lowest BCUT2D eigenvalue weighted by atomic mass is 10.0. The number of carbonyl (C=O) groups excluding carboxylic acids is 3. The summed E-state index contributed by atoms with van der Waals surface area (Å²) < 4.78 is 30.3. The molecule has 1 aliphatic heterocycles. The van der Waals surface area contributed by atoms with E-state index in [1.165, 1.54) is 18.2 Å². The second kappa shape index (κ2) is 17.2. The second-order valence-corrected chi connectivity index (χ2v) is 14.4. The first kappa shape index (κ1) is 38.8. The van der Waals surface area contributed by atoms with Crippen molar-refractivity contribution in [3.63, 3.8) is 0 Å². The van der Waals surface area contributed by atoms with Gasteiger partial charge in [0.15, 0.2) is 12.2 Å². The molecule has 0 saturated carbocycles. The molecule has 7 aromatic rings. The van der Waals surface area contributed by atoms with Crippen molar-refractivity contribution in [2.45, 2.75) is 63.1 Å². The fourth-order valence-corrected chi connectivity index (χ4v) is 7.53. The molecule has 4 atom stereocenters. The maximum Gasteiger partial charge on any atom is 0.339 e. The predicted octanol–water partition coefficient (Wildman–Crippen LogP) is 6.78. The third-order valence-electron chi connectivity index (χ3n) is 10.5. The quantitative estimate of drug-likeness (QED) is 0.0415. The summed E-state index contributed by atoms with van der Waals surface area (Å²) in [6.07, 6.45) is 0.733. The molecule has 4 heterocycles. The van der Waals surface area contributed by atoms with Crippen molar-refractivity contribution in [2.75, 3.05) is 12.3 Å². The van der Waals surface area contributed by atoms with Crippen molar-refractivity contribution in [2.24, 2.45) is 0 Å². The predicted molar refractivity (Wildman–Crippen MR) is 218 cm³/mol. The zero-order valence-corrected chi connectivity index (χ0v) is 31.9. The molecule has 0 spiro atoms. The van der Waals surface area contributed by atoms with E-state index < -0.39 is 48.5 Å². The lowest BCUT2D eigenvalue weighted by Gasteiger charge is -2.40. The molecule has 0 amide bonds. The van der Waals surface area contributed by atoms with E-state index in [-0.39, 0.29) is 42.9 Å². The average Bonchev–Trinajstić information content (AvgIpc) is 3.98. The van der Waals surface area contributed by atoms with Gasteiger partial charge in [-0.15, -0.1) is 0 Å². The molecule has 14 heteroatoms. The number of ether oxygens (including phenoxy) is 5. The van der Waals surface area contributed by atoms with Crippen molar-refractivity contribution in [1.29, 1.82) is 0 Å². The number of carboxylic acids is 1. The minimum atomic E-state index is -1.50. The lowest BCUT2D eigenvalue weighted by molar-refractivity contribution is -0.261. The Morgan fingerprint density at radius 3 is 1.58 bits per heavy atom. The first-order valence-corrected chi connectivity index (χ1v) is 19.3. The van der Waals surface area contributed by atoms with Crippen LogP contribution in [0, 0.1) is 0 Å². The van der Waals surface area contributed by atoms with Gasteiger partial charge in [-0.1, -0.05) is 54.6 Å². The molecular formula is C45H42N4O10. The maximum absolute atomic E-state index is 13.8. The van der Waals surface area contributed by atoms with Crippen LogP contribution in [-0.4, -0.2) is 75.1 Å². The molecule has 0 aliphatic carbocycles. The third kappa shape index (κ3) is 8.77. The zero-order chi connectivity index (χ0) is 40.9. The fourth-order valence-electron chi connectivity index (χ4n) is 7.53. The van der Waals surface area contributed by atoms with E-state index in [0.717, 1.165) is 49.4 Å². The Bertz CT molecular complexity index is 2640. The molecule has 1 unspecified atom stereocenters. The minimum absolute atomic E-state index is 0.0119. The molecule has 1 saturated heterocycles. The van der Waals surface area contributed by atoms with Crippen LogP contribution < -0.4 is 10.5 Å². The van der Waals surface area contributed by atoms with E-state index in [1.807, 2.05) is 91.4 Å². The molecule has 14 nitrogen and oxygen atoms in total. The number of nitrogens with one attached hydrogen (secondary N) is 3. The molecule has 6 N–H and O–H groups in total. The molecule has 0 radical (unpaired) electrons. The normalized spacial score (nSPS) is 17.8. The number of hydrogen-bond donors (Lipinski definition) is 5. The first-order valence-electron chi connectivity index (χ1n) is 19.3. The van der Waals surface area contributed by atoms with Crippen LogP contribution in [0.3, 0.4) is 0 Å². The van der Waals surface area contributed by atoms with Crippen LogP contribution in [0.2, 0.25) is 0 Å². The number of nitrogen functional groups attached to an aromatic ring is 1. The van der Waals surface area contributed by atoms with Gasteiger partial charge in [-0.05, 0) is 72.4 Å². The number of benzene rings is 4. The van der Waals surface area contributed by atoms with Crippen LogP contribution in [0.15, 0.2) is 110 Å². The van der Waals surface area contributed by atoms with Gasteiger partial charge in [0, 0.05) is 76.2 Å². The van der Waals surface area contributed by atoms with Crippen molar-refractivity contribution in [1.82, 2.24) is 15.0 Å². The van der Waals surface area contributed by atoms with Gasteiger partial charge >= 0.3 is 23.9 Å². The summed E-state index contributed by atoms with van der Waals surface area (Å²) in [6, 6.07) is 27.2. The molecule has 8 rings (SSSR count). The second-order valence-electron chi connectivity index (χ2n) is 14.4. The van der Waals surface area contributed by atoms with Crippen molar-refractivity contribution >= 4 is 62.3 Å². The Balaban J connectivity index is 1.06. The summed E-state index contributed by atoms with van der Waals surface area (Å²) in [5, 5.41) is 12.9. The Hall–Kier alpha value is -7.06. The zero-order valence-electron chi connectivity index (χ0n) is 31.9. The fraction of sp³-hybridized carbons (Fsp3) is 0.244. The highest BCUT2D eigenvalue weighted by Crippen LogP contribution is 2.31. The summed E-state index contributed by atoms with van der Waals surface area (Å²) in [6.45, 7) is -0.329. The first-order chi connectivity index (χ1) is 28.7. The van der Waals surface area contributed by atoms with Crippen LogP contribution in [0.25, 0.3) is 32.7 Å². The van der Waals surface area contributed by atoms with E-state index in [9.17, 15) is 24.3 Å². The molecule has 302 valence electrons. The van der Waals surface area contributed by atoms with E-state index in [4.69, 9.17) is 29.4 Å². The van der Waals surface area contributed by atoms with Gasteiger partial charge in [0.1, 0.15) is 11.3 Å². The number of aromatic amines is 3. The molecule has 1 fully saturated rings. The van der Waals surface area contributed by atoms with E-state index in [1.54, 1.807) is 0 Å². The number of carboxylic acid groups (broad SMARTS) is 1. The molecule has 0 bridgehead atoms. The number of hydrogen-bond acceptors (Lipinski definition) is 10. The van der Waals surface area contributed by atoms with Crippen LogP contribution in [0.5, 0.6) is 5.75 Å². The third-order valence-corrected chi connectivity index (χ3v) is 10.5. The molecule has 3 aromatic heterocycles. The number of rotatable bonds is 15. The summed E-state index contributed by atoms with van der Waals surface area (Å²) in [5.74, 6) is -3.38. The Kier molecular flexibility index (Phi) is 11.3. The number of para-hydroxylation sites is 3. The lowest BCUT2D eigenvalue weighted by Crippen LogP contribution is -2.59. The van der Waals surface area contributed by atoms with Crippen molar-refractivity contribution in [3.8, 4) is 5.75 Å². The van der Waals surface area contributed by atoms with Gasteiger partial charge in [0.05, 0.1) is 6.61 Å². The van der Waals surface area contributed by atoms with Gasteiger partial charge in [0.2, 0.25) is 12.4 Å². The molecule has 1 aliphatic rings. The Morgan fingerprint density at radius 1 is 0.627 bits per heavy atom. The molecule has 4 aromatic carbocycles. The summed E-state index contributed by atoms with van der Waals surface area (Å²) >= 11 is 0.